The number of benzene rings is 1. The first kappa shape index (κ1) is 15.3. The molecule has 0 spiro atoms. The molecule has 3 rings (SSSR count). The summed E-state index contributed by atoms with van der Waals surface area (Å²) in [5.41, 5.74) is 0.700. The van der Waals surface area contributed by atoms with Gasteiger partial charge in [-0.25, -0.2) is 0 Å². The molecule has 1 atom stereocenters. The number of hydrogen-bond donors (Lipinski definition) is 0. The maximum absolute atomic E-state index is 12.6. The highest BCUT2D eigenvalue weighted by Gasteiger charge is 2.35. The van der Waals surface area contributed by atoms with Crippen LogP contribution >= 0.6 is 0 Å². The number of likely N-dealkylation sites (tertiary alicyclic amines) is 1. The van der Waals surface area contributed by atoms with E-state index in [0.717, 1.165) is 50.1 Å². The molecular weight excluding hydrogens is 278 g/mol. The van der Waals surface area contributed by atoms with Crippen molar-refractivity contribution in [2.75, 3.05) is 19.8 Å². The zero-order valence-electron chi connectivity index (χ0n) is 13.5. The Labute approximate surface area is 132 Å². The Morgan fingerprint density at radius 2 is 2.09 bits per heavy atom. The van der Waals surface area contributed by atoms with Crippen molar-refractivity contribution in [3.63, 3.8) is 0 Å². The third-order valence-electron chi connectivity index (χ3n) is 4.71. The van der Waals surface area contributed by atoms with Gasteiger partial charge in [0.1, 0.15) is 12.4 Å². The molecule has 1 amide bonds. The number of amides is 1. The molecule has 1 aromatic rings. The third kappa shape index (κ3) is 3.27. The van der Waals surface area contributed by atoms with Gasteiger partial charge in [0.05, 0.1) is 6.10 Å². The van der Waals surface area contributed by atoms with Crippen LogP contribution in [0.5, 0.6) is 5.75 Å². The summed E-state index contributed by atoms with van der Waals surface area (Å²) in [7, 11) is 0. The Morgan fingerprint density at radius 3 is 2.68 bits per heavy atom. The molecule has 2 fully saturated rings. The van der Waals surface area contributed by atoms with Gasteiger partial charge >= 0.3 is 0 Å². The lowest BCUT2D eigenvalue weighted by molar-refractivity contribution is 0.0649. The summed E-state index contributed by atoms with van der Waals surface area (Å²) in [6, 6.07) is 7.49. The average molecular weight is 303 g/mol. The fraction of sp³-hybridized carbons (Fsp3) is 0.611. The summed E-state index contributed by atoms with van der Waals surface area (Å²) in [6.07, 6.45) is 4.56. The Hall–Kier alpha value is -1.55. The zero-order chi connectivity index (χ0) is 15.6. The van der Waals surface area contributed by atoms with Crippen molar-refractivity contribution < 1.29 is 14.3 Å². The number of carbonyl (C=O) groups excluding carboxylic acids is 1. The maximum atomic E-state index is 12.6. The normalized spacial score (nSPS) is 23.7. The maximum Gasteiger partial charge on any atom is 0.254 e. The quantitative estimate of drug-likeness (QED) is 0.857. The van der Waals surface area contributed by atoms with Gasteiger partial charge in [-0.1, -0.05) is 0 Å². The summed E-state index contributed by atoms with van der Waals surface area (Å²) in [4.78, 5) is 14.6. The summed E-state index contributed by atoms with van der Waals surface area (Å²) in [5, 5.41) is 0. The van der Waals surface area contributed by atoms with Gasteiger partial charge in [0.15, 0.2) is 0 Å². The fourth-order valence-corrected chi connectivity index (χ4v) is 3.30. The van der Waals surface area contributed by atoms with Crippen molar-refractivity contribution in [1.82, 2.24) is 4.90 Å². The number of rotatable bonds is 4. The minimum atomic E-state index is -0.0356. The molecule has 120 valence electrons. The van der Waals surface area contributed by atoms with Crippen LogP contribution in [0.25, 0.3) is 0 Å². The van der Waals surface area contributed by atoms with Crippen LogP contribution in [0.4, 0.5) is 0 Å². The van der Waals surface area contributed by atoms with Gasteiger partial charge in [0.2, 0.25) is 0 Å². The topological polar surface area (TPSA) is 38.8 Å². The molecule has 0 N–H and O–H groups in total. The van der Waals surface area contributed by atoms with E-state index in [2.05, 4.69) is 13.8 Å². The largest absolute Gasteiger partial charge is 0.491 e. The second-order valence-electron chi connectivity index (χ2n) is 6.84. The Bertz CT molecular complexity index is 518. The van der Waals surface area contributed by atoms with E-state index >= 15 is 0 Å². The van der Waals surface area contributed by atoms with Crippen LogP contribution in [0.3, 0.4) is 0 Å². The van der Waals surface area contributed by atoms with Gasteiger partial charge in [-0.3, -0.25) is 4.79 Å². The Balaban J connectivity index is 1.60. The van der Waals surface area contributed by atoms with E-state index in [1.165, 1.54) is 0 Å². The summed E-state index contributed by atoms with van der Waals surface area (Å²) < 4.78 is 11.3. The van der Waals surface area contributed by atoms with Crippen LogP contribution in [-0.2, 0) is 4.74 Å². The number of ether oxygens (including phenoxy) is 2. The smallest absolute Gasteiger partial charge is 0.254 e. The van der Waals surface area contributed by atoms with Gasteiger partial charge in [-0.2, -0.15) is 0 Å². The number of carbonyl (C=O) groups is 1. The first-order valence-electron chi connectivity index (χ1n) is 8.23. The molecule has 22 heavy (non-hydrogen) atoms. The summed E-state index contributed by atoms with van der Waals surface area (Å²) in [6.45, 7) is 6.55. The molecule has 2 saturated heterocycles. The monoisotopic (exact) mass is 303 g/mol. The predicted molar refractivity (Wildman–Crippen MR) is 85.3 cm³/mol. The van der Waals surface area contributed by atoms with Crippen LogP contribution in [0.2, 0.25) is 0 Å². The molecule has 4 heteroatoms. The predicted octanol–water partition coefficient (Wildman–Crippen LogP) is 3.26. The summed E-state index contributed by atoms with van der Waals surface area (Å²) >= 11 is 0. The van der Waals surface area contributed by atoms with Gasteiger partial charge in [-0.05, 0) is 63.8 Å². The van der Waals surface area contributed by atoms with E-state index < -0.39 is 0 Å². The summed E-state index contributed by atoms with van der Waals surface area (Å²) in [5.74, 6) is 0.918. The highest BCUT2D eigenvalue weighted by Crippen LogP contribution is 2.30. The van der Waals surface area contributed by atoms with E-state index in [0.29, 0.717) is 6.61 Å². The first-order chi connectivity index (χ1) is 10.6. The standard InChI is InChI=1S/C18H25NO3/c1-18(2)10-4-11-19(18)17(20)14-6-8-15(9-7-14)22-13-16-5-3-12-21-16/h6-9,16H,3-5,10-13H2,1-2H3/t16-/m1/s1. The zero-order valence-corrected chi connectivity index (χ0v) is 13.5. The average Bonchev–Trinajstić information content (AvgIpc) is 3.14. The number of nitrogens with zero attached hydrogens (tertiary/aromatic N) is 1. The van der Waals surface area contributed by atoms with Gasteiger partial charge < -0.3 is 14.4 Å². The van der Waals surface area contributed by atoms with E-state index in [9.17, 15) is 4.79 Å². The molecule has 1 aromatic carbocycles. The molecule has 0 unspecified atom stereocenters. The van der Waals surface area contributed by atoms with Crippen LogP contribution < -0.4 is 4.74 Å². The van der Waals surface area contributed by atoms with Crippen LogP contribution in [-0.4, -0.2) is 42.2 Å². The van der Waals surface area contributed by atoms with E-state index in [4.69, 9.17) is 9.47 Å². The minimum absolute atomic E-state index is 0.0356. The molecular formula is C18H25NO3. The van der Waals surface area contributed by atoms with Crippen LogP contribution in [0.1, 0.15) is 49.9 Å². The molecule has 0 radical (unpaired) electrons. The molecule has 4 nitrogen and oxygen atoms in total. The SMILES string of the molecule is CC1(C)CCCN1C(=O)c1ccc(OC[C@H]2CCCO2)cc1. The van der Waals surface area contributed by atoms with Gasteiger partial charge in [-0.15, -0.1) is 0 Å². The van der Waals surface area contributed by atoms with Crippen molar-refractivity contribution in [2.45, 2.75) is 51.2 Å². The van der Waals surface area contributed by atoms with Crippen molar-refractivity contribution in [1.29, 1.82) is 0 Å². The molecule has 2 heterocycles. The second-order valence-corrected chi connectivity index (χ2v) is 6.84. The van der Waals surface area contributed by atoms with Crippen LogP contribution in [0.15, 0.2) is 24.3 Å². The molecule has 0 aliphatic carbocycles. The van der Waals surface area contributed by atoms with Crippen molar-refractivity contribution in [2.24, 2.45) is 0 Å². The first-order valence-corrected chi connectivity index (χ1v) is 8.23. The minimum Gasteiger partial charge on any atom is -0.491 e. The van der Waals surface area contributed by atoms with E-state index in [1.807, 2.05) is 29.2 Å². The molecule has 0 bridgehead atoms. The van der Waals surface area contributed by atoms with Crippen molar-refractivity contribution in [3.8, 4) is 5.75 Å². The third-order valence-corrected chi connectivity index (χ3v) is 4.71. The fourth-order valence-electron chi connectivity index (χ4n) is 3.30. The van der Waals surface area contributed by atoms with Crippen molar-refractivity contribution in [3.05, 3.63) is 29.8 Å². The van der Waals surface area contributed by atoms with Crippen molar-refractivity contribution >= 4 is 5.91 Å². The highest BCUT2D eigenvalue weighted by molar-refractivity contribution is 5.95. The van der Waals surface area contributed by atoms with Crippen LogP contribution in [0, 0.1) is 0 Å². The second kappa shape index (κ2) is 6.29. The molecule has 0 saturated carbocycles. The molecule has 2 aliphatic rings. The lowest BCUT2D eigenvalue weighted by Crippen LogP contribution is -2.42. The van der Waals surface area contributed by atoms with Gasteiger partial charge in [0.25, 0.3) is 5.91 Å². The highest BCUT2D eigenvalue weighted by atomic mass is 16.5. The lowest BCUT2D eigenvalue weighted by atomic mass is 10.0. The molecule has 2 aliphatic heterocycles. The lowest BCUT2D eigenvalue weighted by Gasteiger charge is -2.31. The Morgan fingerprint density at radius 1 is 1.32 bits per heavy atom. The number of hydrogen-bond acceptors (Lipinski definition) is 3. The Kier molecular flexibility index (Phi) is 4.39. The van der Waals surface area contributed by atoms with E-state index in [1.54, 1.807) is 0 Å². The molecule has 0 aromatic heterocycles. The van der Waals surface area contributed by atoms with Gasteiger partial charge in [0, 0.05) is 24.3 Å². The van der Waals surface area contributed by atoms with E-state index in [-0.39, 0.29) is 17.6 Å².